The van der Waals surface area contributed by atoms with Gasteiger partial charge in [0.1, 0.15) is 0 Å². The van der Waals surface area contributed by atoms with E-state index in [1.54, 1.807) is 0 Å². The van der Waals surface area contributed by atoms with Crippen LogP contribution in [0.1, 0.15) is 6.92 Å². The lowest BCUT2D eigenvalue weighted by Crippen LogP contribution is -2.15. The van der Waals surface area contributed by atoms with Gasteiger partial charge in [0.2, 0.25) is 0 Å². The third kappa shape index (κ3) is 5.47. The van der Waals surface area contributed by atoms with E-state index in [2.05, 4.69) is 60.2 Å². The number of rotatable bonds is 3. The average Bonchev–Trinajstić information content (AvgIpc) is 2.49. The molecule has 0 aliphatic carbocycles. The van der Waals surface area contributed by atoms with E-state index in [4.69, 9.17) is 0 Å². The second kappa shape index (κ2) is 8.20. The molecule has 0 atom stereocenters. The molecule has 0 bridgehead atoms. The summed E-state index contributed by atoms with van der Waals surface area (Å²) in [7, 11) is 6.17. The van der Waals surface area contributed by atoms with E-state index >= 15 is 0 Å². The highest BCUT2D eigenvalue weighted by molar-refractivity contribution is 5.44. The summed E-state index contributed by atoms with van der Waals surface area (Å²) in [5.74, 6) is 0. The van der Waals surface area contributed by atoms with Crippen LogP contribution in [0.5, 0.6) is 0 Å². The van der Waals surface area contributed by atoms with E-state index in [0.717, 1.165) is 6.54 Å². The molecule has 2 aromatic carbocycles. The van der Waals surface area contributed by atoms with Gasteiger partial charge in [-0.25, -0.2) is 0 Å². The van der Waals surface area contributed by atoms with Gasteiger partial charge in [-0.15, -0.1) is 0 Å². The lowest BCUT2D eigenvalue weighted by molar-refractivity contribution is 0.968. The second-order valence-electron chi connectivity index (χ2n) is 4.58. The van der Waals surface area contributed by atoms with Crippen LogP contribution < -0.4 is 9.80 Å². The fraction of sp³-hybridized carbons (Fsp3) is 0.294. The monoisotopic (exact) mass is 256 g/mol. The number of anilines is 2. The van der Waals surface area contributed by atoms with Crippen molar-refractivity contribution in [1.82, 2.24) is 0 Å². The Balaban J connectivity index is 0.000000191. The molecular formula is C17H24N2. The lowest BCUT2D eigenvalue weighted by atomic mass is 10.3. The van der Waals surface area contributed by atoms with Gasteiger partial charge in [0.25, 0.3) is 0 Å². The standard InChI is InChI=1S/C9H13N.C8H11N/c1-3-10(2)9-7-5-4-6-8-9;1-9(2)8-6-4-3-5-7-8/h4-8H,3H2,1-2H3;3-7H,1-2H3. The fourth-order valence-corrected chi connectivity index (χ4v) is 1.59. The highest BCUT2D eigenvalue weighted by atomic mass is 15.1. The molecule has 0 N–H and O–H groups in total. The third-order valence-corrected chi connectivity index (χ3v) is 2.94. The highest BCUT2D eigenvalue weighted by Crippen LogP contribution is 2.09. The first kappa shape index (κ1) is 15.1. The molecule has 2 aromatic rings. The second-order valence-corrected chi connectivity index (χ2v) is 4.58. The van der Waals surface area contributed by atoms with Crippen LogP contribution in [0.3, 0.4) is 0 Å². The zero-order valence-corrected chi connectivity index (χ0v) is 12.4. The molecule has 0 spiro atoms. The third-order valence-electron chi connectivity index (χ3n) is 2.94. The van der Waals surface area contributed by atoms with Gasteiger partial charge in [0.15, 0.2) is 0 Å². The molecule has 2 rings (SSSR count). The quantitative estimate of drug-likeness (QED) is 0.822. The van der Waals surface area contributed by atoms with Crippen LogP contribution in [-0.2, 0) is 0 Å². The van der Waals surface area contributed by atoms with E-state index in [-0.39, 0.29) is 0 Å². The van der Waals surface area contributed by atoms with Crippen LogP contribution in [0.2, 0.25) is 0 Å². The lowest BCUT2D eigenvalue weighted by Gasteiger charge is -2.15. The topological polar surface area (TPSA) is 6.48 Å². The molecule has 0 fully saturated rings. The van der Waals surface area contributed by atoms with Crippen molar-refractivity contribution in [2.75, 3.05) is 37.5 Å². The molecule has 0 aliphatic rings. The fourth-order valence-electron chi connectivity index (χ4n) is 1.59. The Hall–Kier alpha value is -1.96. The summed E-state index contributed by atoms with van der Waals surface area (Å²) in [6.07, 6.45) is 0. The zero-order valence-electron chi connectivity index (χ0n) is 12.4. The Labute approximate surface area is 117 Å². The van der Waals surface area contributed by atoms with E-state index < -0.39 is 0 Å². The minimum Gasteiger partial charge on any atom is -0.378 e. The Morgan fingerprint density at radius 2 is 1.11 bits per heavy atom. The van der Waals surface area contributed by atoms with Crippen molar-refractivity contribution in [3.63, 3.8) is 0 Å². The SMILES string of the molecule is CCN(C)c1ccccc1.CN(C)c1ccccc1. The predicted octanol–water partition coefficient (Wildman–Crippen LogP) is 3.90. The molecular weight excluding hydrogens is 232 g/mol. The van der Waals surface area contributed by atoms with Gasteiger partial charge < -0.3 is 9.80 Å². The van der Waals surface area contributed by atoms with Crippen LogP contribution >= 0.6 is 0 Å². The Morgan fingerprint density at radius 1 is 0.684 bits per heavy atom. The van der Waals surface area contributed by atoms with Gasteiger partial charge in [-0.05, 0) is 31.2 Å². The number of nitrogens with zero attached hydrogens (tertiary/aromatic N) is 2. The van der Waals surface area contributed by atoms with Crippen molar-refractivity contribution < 1.29 is 0 Å². The molecule has 0 heterocycles. The van der Waals surface area contributed by atoms with E-state index in [1.165, 1.54) is 11.4 Å². The molecule has 0 radical (unpaired) electrons. The molecule has 0 aliphatic heterocycles. The van der Waals surface area contributed by atoms with E-state index in [0.29, 0.717) is 0 Å². The largest absolute Gasteiger partial charge is 0.378 e. The zero-order chi connectivity index (χ0) is 14.1. The summed E-state index contributed by atoms with van der Waals surface area (Å²) in [6.45, 7) is 3.21. The number of hydrogen-bond donors (Lipinski definition) is 0. The molecule has 0 saturated heterocycles. The Bertz CT molecular complexity index is 437. The molecule has 2 nitrogen and oxygen atoms in total. The minimum atomic E-state index is 1.06. The van der Waals surface area contributed by atoms with Crippen molar-refractivity contribution in [1.29, 1.82) is 0 Å². The van der Waals surface area contributed by atoms with Crippen LogP contribution in [0.4, 0.5) is 11.4 Å². The van der Waals surface area contributed by atoms with Crippen LogP contribution in [0, 0.1) is 0 Å². The van der Waals surface area contributed by atoms with Gasteiger partial charge in [0.05, 0.1) is 0 Å². The summed E-state index contributed by atoms with van der Waals surface area (Å²) in [6, 6.07) is 20.6. The van der Waals surface area contributed by atoms with Gasteiger partial charge in [0, 0.05) is 39.1 Å². The normalized spacial score (nSPS) is 9.26. The molecule has 0 amide bonds. The van der Waals surface area contributed by atoms with Gasteiger partial charge in [-0.2, -0.15) is 0 Å². The highest BCUT2D eigenvalue weighted by Gasteiger charge is 1.92. The maximum atomic E-state index is 2.21. The average molecular weight is 256 g/mol. The summed E-state index contributed by atoms with van der Waals surface area (Å²) in [5.41, 5.74) is 2.53. The van der Waals surface area contributed by atoms with Crippen LogP contribution in [0.25, 0.3) is 0 Å². The molecule has 2 heteroatoms. The summed E-state index contributed by atoms with van der Waals surface area (Å²) in [4.78, 5) is 4.29. The van der Waals surface area contributed by atoms with Gasteiger partial charge >= 0.3 is 0 Å². The summed E-state index contributed by atoms with van der Waals surface area (Å²) >= 11 is 0. The molecule has 0 unspecified atom stereocenters. The molecule has 19 heavy (non-hydrogen) atoms. The molecule has 0 aromatic heterocycles. The number of benzene rings is 2. The minimum absolute atomic E-state index is 1.06. The Morgan fingerprint density at radius 3 is 1.42 bits per heavy atom. The first-order valence-electron chi connectivity index (χ1n) is 6.63. The van der Waals surface area contributed by atoms with E-state index in [9.17, 15) is 0 Å². The van der Waals surface area contributed by atoms with Crippen molar-refractivity contribution in [2.24, 2.45) is 0 Å². The van der Waals surface area contributed by atoms with Crippen molar-refractivity contribution in [3.8, 4) is 0 Å². The van der Waals surface area contributed by atoms with Gasteiger partial charge in [-0.1, -0.05) is 36.4 Å². The number of hydrogen-bond acceptors (Lipinski definition) is 2. The molecule has 102 valence electrons. The number of para-hydroxylation sites is 2. The van der Waals surface area contributed by atoms with Crippen LogP contribution in [-0.4, -0.2) is 27.7 Å². The maximum absolute atomic E-state index is 2.21. The van der Waals surface area contributed by atoms with Gasteiger partial charge in [-0.3, -0.25) is 0 Å². The molecule has 0 saturated carbocycles. The van der Waals surface area contributed by atoms with Crippen molar-refractivity contribution >= 4 is 11.4 Å². The Kier molecular flexibility index (Phi) is 6.51. The first-order chi connectivity index (χ1) is 9.15. The summed E-state index contributed by atoms with van der Waals surface area (Å²) in [5, 5.41) is 0. The van der Waals surface area contributed by atoms with Crippen LogP contribution in [0.15, 0.2) is 60.7 Å². The van der Waals surface area contributed by atoms with E-state index in [1.807, 2.05) is 38.4 Å². The first-order valence-corrected chi connectivity index (χ1v) is 6.63. The predicted molar refractivity (Wildman–Crippen MR) is 86.2 cm³/mol. The van der Waals surface area contributed by atoms with Crippen molar-refractivity contribution in [3.05, 3.63) is 60.7 Å². The smallest absolute Gasteiger partial charge is 0.0363 e. The summed E-state index contributed by atoms with van der Waals surface area (Å²) < 4.78 is 0. The maximum Gasteiger partial charge on any atom is 0.0363 e. The van der Waals surface area contributed by atoms with Crippen molar-refractivity contribution in [2.45, 2.75) is 6.92 Å².